The minimum Gasteiger partial charge on any atom is -0.313 e. The van der Waals surface area contributed by atoms with E-state index in [0.717, 1.165) is 25.8 Å². The zero-order chi connectivity index (χ0) is 16.3. The first-order valence-corrected chi connectivity index (χ1v) is 9.50. The summed E-state index contributed by atoms with van der Waals surface area (Å²) in [7, 11) is -3.42. The van der Waals surface area contributed by atoms with Gasteiger partial charge in [-0.15, -0.1) is 0 Å². The molecule has 1 aliphatic heterocycles. The van der Waals surface area contributed by atoms with Gasteiger partial charge in [-0.05, 0) is 25.2 Å². The smallest absolute Gasteiger partial charge is 0.280 e. The molecule has 0 aromatic heterocycles. The van der Waals surface area contributed by atoms with E-state index in [1.807, 2.05) is 27.7 Å². The van der Waals surface area contributed by atoms with Gasteiger partial charge in [-0.25, -0.2) is 0 Å². The van der Waals surface area contributed by atoms with Crippen molar-refractivity contribution in [1.29, 1.82) is 0 Å². The van der Waals surface area contributed by atoms with Crippen LogP contribution in [0.4, 0.5) is 0 Å². The van der Waals surface area contributed by atoms with Crippen molar-refractivity contribution in [1.82, 2.24) is 14.3 Å². The number of hydrogen-bond donors (Lipinski definition) is 2. The zero-order valence-corrected chi connectivity index (χ0v) is 15.3. The molecule has 1 saturated heterocycles. The zero-order valence-electron chi connectivity index (χ0n) is 14.4. The number of hydrogen-bond acceptors (Lipinski definition) is 3. The Morgan fingerprint density at radius 1 is 1.19 bits per heavy atom. The number of rotatable bonds is 6. The van der Waals surface area contributed by atoms with Gasteiger partial charge in [-0.3, -0.25) is 0 Å². The van der Waals surface area contributed by atoms with Crippen molar-refractivity contribution < 1.29 is 8.42 Å². The molecule has 1 heterocycles. The summed E-state index contributed by atoms with van der Waals surface area (Å²) in [5.41, 5.74) is -0.0888. The van der Waals surface area contributed by atoms with Crippen LogP contribution in [0.15, 0.2) is 0 Å². The molecule has 0 saturated carbocycles. The normalized spacial score (nSPS) is 23.5. The quantitative estimate of drug-likeness (QED) is 0.788. The third-order valence-corrected chi connectivity index (χ3v) is 6.02. The second-order valence-electron chi connectivity index (χ2n) is 7.53. The lowest BCUT2D eigenvalue weighted by Gasteiger charge is -2.37. The molecule has 0 aromatic rings. The molecule has 6 heteroatoms. The van der Waals surface area contributed by atoms with Crippen LogP contribution in [0.2, 0.25) is 0 Å². The van der Waals surface area contributed by atoms with Gasteiger partial charge in [0.05, 0.1) is 0 Å². The summed E-state index contributed by atoms with van der Waals surface area (Å²) in [6.07, 6.45) is 2.98. The standard InChI is InChI=1S/C15H33N3O2S/c1-12(2)16-11-14-9-7-8-10-18(14)21(19,20)17-13(3)15(4,5)6/h12-14,16-17H,7-11H2,1-6H3. The summed E-state index contributed by atoms with van der Waals surface area (Å²) in [5, 5.41) is 3.37. The van der Waals surface area contributed by atoms with Crippen LogP contribution in [-0.4, -0.2) is 43.9 Å². The van der Waals surface area contributed by atoms with Gasteiger partial charge in [0.2, 0.25) is 0 Å². The summed E-state index contributed by atoms with van der Waals surface area (Å²) in [5.74, 6) is 0. The topological polar surface area (TPSA) is 61.4 Å². The molecule has 2 unspecified atom stereocenters. The molecular formula is C15H33N3O2S. The summed E-state index contributed by atoms with van der Waals surface area (Å²) in [6.45, 7) is 13.6. The van der Waals surface area contributed by atoms with Crippen LogP contribution < -0.4 is 10.0 Å². The van der Waals surface area contributed by atoms with E-state index in [1.165, 1.54) is 0 Å². The Hall–Kier alpha value is -0.170. The van der Waals surface area contributed by atoms with Gasteiger partial charge in [-0.1, -0.05) is 41.0 Å². The second-order valence-corrected chi connectivity index (χ2v) is 9.19. The van der Waals surface area contributed by atoms with Crippen molar-refractivity contribution in [2.24, 2.45) is 5.41 Å². The van der Waals surface area contributed by atoms with E-state index in [1.54, 1.807) is 4.31 Å². The van der Waals surface area contributed by atoms with Crippen LogP contribution >= 0.6 is 0 Å². The Labute approximate surface area is 131 Å². The Balaban J connectivity index is 2.77. The maximum Gasteiger partial charge on any atom is 0.280 e. The Morgan fingerprint density at radius 2 is 1.81 bits per heavy atom. The summed E-state index contributed by atoms with van der Waals surface area (Å²) < 4.78 is 29.9. The van der Waals surface area contributed by atoms with Crippen LogP contribution in [0, 0.1) is 5.41 Å². The van der Waals surface area contributed by atoms with Crippen LogP contribution in [0.5, 0.6) is 0 Å². The molecule has 2 N–H and O–H groups in total. The molecule has 126 valence electrons. The molecule has 0 amide bonds. The summed E-state index contributed by atoms with van der Waals surface area (Å²) >= 11 is 0. The minimum atomic E-state index is -3.42. The van der Waals surface area contributed by atoms with E-state index in [0.29, 0.717) is 12.6 Å². The maximum absolute atomic E-state index is 12.7. The third-order valence-electron chi connectivity index (χ3n) is 4.27. The number of piperidine rings is 1. The van der Waals surface area contributed by atoms with Crippen LogP contribution in [0.25, 0.3) is 0 Å². The van der Waals surface area contributed by atoms with Gasteiger partial charge in [0.25, 0.3) is 10.2 Å². The van der Waals surface area contributed by atoms with Gasteiger partial charge in [0.1, 0.15) is 0 Å². The maximum atomic E-state index is 12.7. The molecule has 1 fully saturated rings. The Bertz CT molecular complexity index is 415. The van der Waals surface area contributed by atoms with Gasteiger partial charge in [0, 0.05) is 31.2 Å². The van der Waals surface area contributed by atoms with Gasteiger partial charge in [0.15, 0.2) is 0 Å². The lowest BCUT2D eigenvalue weighted by Crippen LogP contribution is -2.55. The van der Waals surface area contributed by atoms with Gasteiger partial charge in [-0.2, -0.15) is 17.4 Å². The Morgan fingerprint density at radius 3 is 2.33 bits per heavy atom. The highest BCUT2D eigenvalue weighted by Crippen LogP contribution is 2.23. The number of nitrogens with one attached hydrogen (secondary N) is 2. The van der Waals surface area contributed by atoms with E-state index < -0.39 is 10.2 Å². The SMILES string of the molecule is CC(C)NCC1CCCCN1S(=O)(=O)NC(C)C(C)(C)C. The summed E-state index contributed by atoms with van der Waals surface area (Å²) in [4.78, 5) is 0. The largest absolute Gasteiger partial charge is 0.313 e. The van der Waals surface area contributed by atoms with Crippen molar-refractivity contribution in [2.45, 2.75) is 78.9 Å². The van der Waals surface area contributed by atoms with Crippen LogP contribution in [0.3, 0.4) is 0 Å². The van der Waals surface area contributed by atoms with E-state index in [9.17, 15) is 8.42 Å². The molecule has 0 aromatic carbocycles. The van der Waals surface area contributed by atoms with Crippen molar-refractivity contribution in [3.63, 3.8) is 0 Å². The predicted molar refractivity (Wildman–Crippen MR) is 88.5 cm³/mol. The molecular weight excluding hydrogens is 286 g/mol. The minimum absolute atomic E-state index is 0.0609. The van der Waals surface area contributed by atoms with E-state index in [4.69, 9.17) is 0 Å². The first-order valence-electron chi connectivity index (χ1n) is 8.06. The molecule has 21 heavy (non-hydrogen) atoms. The highest BCUT2D eigenvalue weighted by atomic mass is 32.2. The monoisotopic (exact) mass is 319 g/mol. The average Bonchev–Trinajstić information content (AvgIpc) is 2.35. The summed E-state index contributed by atoms with van der Waals surface area (Å²) in [6, 6.07) is 0.340. The molecule has 0 spiro atoms. The van der Waals surface area contributed by atoms with Crippen molar-refractivity contribution in [3.05, 3.63) is 0 Å². The van der Waals surface area contributed by atoms with E-state index in [-0.39, 0.29) is 17.5 Å². The molecule has 0 radical (unpaired) electrons. The third kappa shape index (κ3) is 5.85. The highest BCUT2D eigenvalue weighted by molar-refractivity contribution is 7.87. The van der Waals surface area contributed by atoms with Crippen LogP contribution in [-0.2, 0) is 10.2 Å². The molecule has 2 atom stereocenters. The first kappa shape index (κ1) is 18.9. The molecule has 0 aliphatic carbocycles. The second kappa shape index (κ2) is 7.40. The lowest BCUT2D eigenvalue weighted by molar-refractivity contribution is 0.232. The highest BCUT2D eigenvalue weighted by Gasteiger charge is 2.34. The van der Waals surface area contributed by atoms with Crippen LogP contribution in [0.1, 0.15) is 60.8 Å². The fraction of sp³-hybridized carbons (Fsp3) is 1.00. The van der Waals surface area contributed by atoms with E-state index >= 15 is 0 Å². The molecule has 0 bridgehead atoms. The molecule has 1 aliphatic rings. The van der Waals surface area contributed by atoms with Crippen molar-refractivity contribution in [2.75, 3.05) is 13.1 Å². The average molecular weight is 320 g/mol. The van der Waals surface area contributed by atoms with Gasteiger partial charge >= 0.3 is 0 Å². The predicted octanol–water partition coefficient (Wildman–Crippen LogP) is 2.11. The Kier molecular flexibility index (Phi) is 6.65. The first-order chi connectivity index (χ1) is 9.54. The number of nitrogens with zero attached hydrogens (tertiary/aromatic N) is 1. The molecule has 1 rings (SSSR count). The van der Waals surface area contributed by atoms with Gasteiger partial charge < -0.3 is 5.32 Å². The lowest BCUT2D eigenvalue weighted by atomic mass is 9.89. The van der Waals surface area contributed by atoms with Crippen molar-refractivity contribution in [3.8, 4) is 0 Å². The fourth-order valence-corrected chi connectivity index (χ4v) is 4.21. The fourth-order valence-electron chi connectivity index (χ4n) is 2.33. The molecule has 5 nitrogen and oxygen atoms in total. The van der Waals surface area contributed by atoms with E-state index in [2.05, 4.69) is 23.9 Å². The van der Waals surface area contributed by atoms with Crippen molar-refractivity contribution >= 4 is 10.2 Å².